The molecule has 0 spiro atoms. The molecule has 0 amide bonds. The Balaban J connectivity index is 2.56. The van der Waals surface area contributed by atoms with E-state index in [0.717, 1.165) is 5.82 Å². The summed E-state index contributed by atoms with van der Waals surface area (Å²) in [5, 5.41) is 8.76. The van der Waals surface area contributed by atoms with Crippen molar-refractivity contribution in [2.45, 2.75) is 25.2 Å². The Bertz CT molecular complexity index is 583. The van der Waals surface area contributed by atoms with Crippen molar-refractivity contribution in [2.24, 2.45) is 0 Å². The molecule has 0 saturated heterocycles. The third-order valence-electron chi connectivity index (χ3n) is 2.82. The van der Waals surface area contributed by atoms with Gasteiger partial charge >= 0.3 is 0 Å². The van der Waals surface area contributed by atoms with Crippen LogP contribution in [0.2, 0.25) is 0 Å². The average molecular weight is 328 g/mol. The standard InChI is InChI=1S/C13H15BrFN3O/c1-8(2)18-12(7-14)16-17-13(18)10-5-4-9(19-3)6-11(10)15/h4-6,8H,7H2,1-3H3. The average Bonchev–Trinajstić information content (AvgIpc) is 2.82. The maximum atomic E-state index is 14.1. The van der Waals surface area contributed by atoms with Gasteiger partial charge in [0.05, 0.1) is 18.0 Å². The van der Waals surface area contributed by atoms with E-state index in [1.165, 1.54) is 13.2 Å². The van der Waals surface area contributed by atoms with Crippen LogP contribution < -0.4 is 4.74 Å². The van der Waals surface area contributed by atoms with Crippen LogP contribution in [0.25, 0.3) is 11.4 Å². The highest BCUT2D eigenvalue weighted by Gasteiger charge is 2.18. The lowest BCUT2D eigenvalue weighted by Gasteiger charge is -2.13. The molecule has 0 N–H and O–H groups in total. The Morgan fingerprint density at radius 1 is 1.37 bits per heavy atom. The maximum Gasteiger partial charge on any atom is 0.167 e. The van der Waals surface area contributed by atoms with E-state index >= 15 is 0 Å². The molecule has 2 rings (SSSR count). The highest BCUT2D eigenvalue weighted by molar-refractivity contribution is 9.08. The Morgan fingerprint density at radius 3 is 2.63 bits per heavy atom. The number of methoxy groups -OCH3 is 1. The summed E-state index contributed by atoms with van der Waals surface area (Å²) in [5.41, 5.74) is 0.425. The predicted molar refractivity (Wildman–Crippen MR) is 75.0 cm³/mol. The van der Waals surface area contributed by atoms with Crippen LogP contribution in [0.3, 0.4) is 0 Å². The number of alkyl halides is 1. The number of nitrogens with zero attached hydrogens (tertiary/aromatic N) is 3. The molecule has 102 valence electrons. The van der Waals surface area contributed by atoms with Crippen molar-refractivity contribution in [1.82, 2.24) is 14.8 Å². The normalized spacial score (nSPS) is 11.1. The van der Waals surface area contributed by atoms with E-state index in [9.17, 15) is 4.39 Å². The van der Waals surface area contributed by atoms with Crippen molar-refractivity contribution >= 4 is 15.9 Å². The van der Waals surface area contributed by atoms with Gasteiger partial charge in [0, 0.05) is 12.1 Å². The van der Waals surface area contributed by atoms with Gasteiger partial charge in [-0.3, -0.25) is 0 Å². The van der Waals surface area contributed by atoms with Gasteiger partial charge in [-0.05, 0) is 26.0 Å². The molecule has 0 atom stereocenters. The van der Waals surface area contributed by atoms with Crippen LogP contribution in [-0.2, 0) is 5.33 Å². The number of aromatic nitrogens is 3. The Morgan fingerprint density at radius 2 is 2.11 bits per heavy atom. The fraction of sp³-hybridized carbons (Fsp3) is 0.385. The zero-order chi connectivity index (χ0) is 14.0. The number of hydrogen-bond donors (Lipinski definition) is 0. The summed E-state index contributed by atoms with van der Waals surface area (Å²) in [6.45, 7) is 4.03. The van der Waals surface area contributed by atoms with Gasteiger partial charge < -0.3 is 9.30 Å². The molecule has 0 aliphatic carbocycles. The highest BCUT2D eigenvalue weighted by atomic mass is 79.9. The van der Waals surface area contributed by atoms with E-state index in [0.29, 0.717) is 22.5 Å². The largest absolute Gasteiger partial charge is 0.497 e. The topological polar surface area (TPSA) is 39.9 Å². The molecule has 1 aromatic carbocycles. The number of ether oxygens (including phenoxy) is 1. The van der Waals surface area contributed by atoms with Gasteiger partial charge in [0.25, 0.3) is 0 Å². The minimum absolute atomic E-state index is 0.152. The first-order chi connectivity index (χ1) is 9.08. The summed E-state index contributed by atoms with van der Waals surface area (Å²) in [6, 6.07) is 4.88. The zero-order valence-electron chi connectivity index (χ0n) is 11.0. The molecule has 1 aromatic heterocycles. The van der Waals surface area contributed by atoms with Crippen LogP contribution in [0.15, 0.2) is 18.2 Å². The van der Waals surface area contributed by atoms with Crippen molar-refractivity contribution in [1.29, 1.82) is 0 Å². The van der Waals surface area contributed by atoms with E-state index in [-0.39, 0.29) is 11.9 Å². The first kappa shape index (κ1) is 14.0. The van der Waals surface area contributed by atoms with Gasteiger partial charge in [-0.1, -0.05) is 15.9 Å². The van der Waals surface area contributed by atoms with Crippen LogP contribution in [0.4, 0.5) is 4.39 Å². The molecule has 0 radical (unpaired) electrons. The summed E-state index contributed by atoms with van der Waals surface area (Å²) in [7, 11) is 1.51. The van der Waals surface area contributed by atoms with E-state index in [1.807, 2.05) is 18.4 Å². The number of halogens is 2. The molecular formula is C13H15BrFN3O. The predicted octanol–water partition coefficient (Wildman–Crippen LogP) is 3.57. The van der Waals surface area contributed by atoms with Crippen LogP contribution in [0, 0.1) is 5.82 Å². The van der Waals surface area contributed by atoms with E-state index in [1.54, 1.807) is 12.1 Å². The second-order valence-corrected chi connectivity index (χ2v) is 4.94. The van der Waals surface area contributed by atoms with Crippen molar-refractivity contribution < 1.29 is 9.13 Å². The summed E-state index contributed by atoms with van der Waals surface area (Å²) in [4.78, 5) is 0. The molecule has 0 unspecified atom stereocenters. The SMILES string of the molecule is COc1ccc(-c2nnc(CBr)n2C(C)C)c(F)c1. The quantitative estimate of drug-likeness (QED) is 0.806. The fourth-order valence-electron chi connectivity index (χ4n) is 1.95. The number of benzene rings is 1. The summed E-state index contributed by atoms with van der Waals surface area (Å²) < 4.78 is 21.0. The second kappa shape index (κ2) is 5.69. The zero-order valence-corrected chi connectivity index (χ0v) is 12.6. The van der Waals surface area contributed by atoms with E-state index in [2.05, 4.69) is 26.1 Å². The minimum atomic E-state index is -0.366. The summed E-state index contributed by atoms with van der Waals surface area (Å²) in [6.07, 6.45) is 0. The number of rotatable bonds is 4. The van der Waals surface area contributed by atoms with Gasteiger partial charge in [-0.15, -0.1) is 10.2 Å². The Kier molecular flexibility index (Phi) is 4.19. The lowest BCUT2D eigenvalue weighted by atomic mass is 10.2. The highest BCUT2D eigenvalue weighted by Crippen LogP contribution is 2.28. The van der Waals surface area contributed by atoms with Gasteiger partial charge in [0.2, 0.25) is 0 Å². The first-order valence-corrected chi connectivity index (χ1v) is 7.04. The lowest BCUT2D eigenvalue weighted by Crippen LogP contribution is -2.07. The maximum absolute atomic E-state index is 14.1. The molecule has 1 heterocycles. The minimum Gasteiger partial charge on any atom is -0.497 e. The third-order valence-corrected chi connectivity index (χ3v) is 3.32. The molecule has 2 aromatic rings. The molecule has 0 aliphatic rings. The van der Waals surface area contributed by atoms with Crippen molar-refractivity contribution in [3.8, 4) is 17.1 Å². The Hall–Kier alpha value is -1.43. The van der Waals surface area contributed by atoms with Gasteiger partial charge in [-0.25, -0.2) is 4.39 Å². The molecular weight excluding hydrogens is 313 g/mol. The lowest BCUT2D eigenvalue weighted by molar-refractivity contribution is 0.411. The van der Waals surface area contributed by atoms with Gasteiger partial charge in [0.1, 0.15) is 17.4 Å². The third kappa shape index (κ3) is 2.63. The summed E-state index contributed by atoms with van der Waals surface area (Å²) in [5.74, 6) is 1.43. The van der Waals surface area contributed by atoms with E-state index < -0.39 is 0 Å². The molecule has 6 heteroatoms. The summed E-state index contributed by atoms with van der Waals surface area (Å²) >= 11 is 3.37. The van der Waals surface area contributed by atoms with Crippen molar-refractivity contribution in [3.63, 3.8) is 0 Å². The molecule has 4 nitrogen and oxygen atoms in total. The molecule has 0 aliphatic heterocycles. The fourth-order valence-corrected chi connectivity index (χ4v) is 2.33. The molecule has 0 bridgehead atoms. The smallest absolute Gasteiger partial charge is 0.167 e. The van der Waals surface area contributed by atoms with Crippen LogP contribution in [0.5, 0.6) is 5.75 Å². The van der Waals surface area contributed by atoms with Crippen LogP contribution in [-0.4, -0.2) is 21.9 Å². The first-order valence-electron chi connectivity index (χ1n) is 5.92. The second-order valence-electron chi connectivity index (χ2n) is 4.38. The molecule has 0 fully saturated rings. The number of hydrogen-bond acceptors (Lipinski definition) is 3. The molecule has 19 heavy (non-hydrogen) atoms. The van der Waals surface area contributed by atoms with Crippen LogP contribution >= 0.6 is 15.9 Å². The Labute approximate surface area is 119 Å². The van der Waals surface area contributed by atoms with Gasteiger partial charge in [0.15, 0.2) is 5.82 Å². The van der Waals surface area contributed by atoms with Crippen molar-refractivity contribution in [3.05, 3.63) is 29.8 Å². The van der Waals surface area contributed by atoms with Gasteiger partial charge in [-0.2, -0.15) is 0 Å². The van der Waals surface area contributed by atoms with Crippen molar-refractivity contribution in [2.75, 3.05) is 7.11 Å². The monoisotopic (exact) mass is 327 g/mol. The molecule has 0 saturated carbocycles. The van der Waals surface area contributed by atoms with Crippen LogP contribution in [0.1, 0.15) is 25.7 Å². The van der Waals surface area contributed by atoms with E-state index in [4.69, 9.17) is 4.74 Å².